The van der Waals surface area contributed by atoms with Crippen LogP contribution < -0.4 is 19.5 Å². The van der Waals surface area contributed by atoms with Crippen molar-refractivity contribution >= 4 is 11.6 Å². The van der Waals surface area contributed by atoms with E-state index in [0.717, 1.165) is 23.2 Å². The predicted octanol–water partition coefficient (Wildman–Crippen LogP) is 3.84. The maximum absolute atomic E-state index is 12.7. The van der Waals surface area contributed by atoms with Gasteiger partial charge in [-0.1, -0.05) is 25.1 Å². The van der Waals surface area contributed by atoms with Crippen molar-refractivity contribution in [3.8, 4) is 17.2 Å². The van der Waals surface area contributed by atoms with Gasteiger partial charge >= 0.3 is 0 Å². The van der Waals surface area contributed by atoms with Gasteiger partial charge in [0.2, 0.25) is 5.75 Å². The highest BCUT2D eigenvalue weighted by Crippen LogP contribution is 2.38. The number of nitrogens with one attached hydrogen (secondary N) is 1. The summed E-state index contributed by atoms with van der Waals surface area (Å²) in [5.74, 6) is 1.13. The summed E-state index contributed by atoms with van der Waals surface area (Å²) in [6, 6.07) is 9.26. The van der Waals surface area contributed by atoms with Crippen molar-refractivity contribution in [3.05, 3.63) is 47.0 Å². The molecule has 0 aliphatic carbocycles. The van der Waals surface area contributed by atoms with Crippen LogP contribution in [0.2, 0.25) is 0 Å². The molecule has 0 aliphatic heterocycles. The molecule has 5 nitrogen and oxygen atoms in total. The molecule has 0 fully saturated rings. The van der Waals surface area contributed by atoms with Crippen molar-refractivity contribution in [3.63, 3.8) is 0 Å². The zero-order valence-corrected chi connectivity index (χ0v) is 14.7. The fourth-order valence-corrected chi connectivity index (χ4v) is 2.60. The molecular weight excluding hydrogens is 306 g/mol. The van der Waals surface area contributed by atoms with E-state index in [9.17, 15) is 4.79 Å². The summed E-state index contributed by atoms with van der Waals surface area (Å²) in [4.78, 5) is 12.7. The van der Waals surface area contributed by atoms with Gasteiger partial charge in [-0.3, -0.25) is 4.79 Å². The van der Waals surface area contributed by atoms with E-state index in [1.165, 1.54) is 21.3 Å². The van der Waals surface area contributed by atoms with Crippen LogP contribution in [-0.4, -0.2) is 27.2 Å². The number of aryl methyl sites for hydroxylation is 2. The van der Waals surface area contributed by atoms with E-state index in [4.69, 9.17) is 14.2 Å². The second-order valence-electron chi connectivity index (χ2n) is 5.33. The third-order valence-corrected chi connectivity index (χ3v) is 3.91. The summed E-state index contributed by atoms with van der Waals surface area (Å²) >= 11 is 0. The topological polar surface area (TPSA) is 56.8 Å². The van der Waals surface area contributed by atoms with Crippen LogP contribution in [0.3, 0.4) is 0 Å². The minimum absolute atomic E-state index is 0.224. The molecule has 0 spiro atoms. The van der Waals surface area contributed by atoms with Crippen LogP contribution >= 0.6 is 0 Å². The molecule has 0 atom stereocenters. The molecule has 24 heavy (non-hydrogen) atoms. The third kappa shape index (κ3) is 3.45. The molecule has 0 unspecified atom stereocenters. The average Bonchev–Trinajstić information content (AvgIpc) is 2.61. The summed E-state index contributed by atoms with van der Waals surface area (Å²) in [7, 11) is 4.58. The second-order valence-corrected chi connectivity index (χ2v) is 5.33. The fourth-order valence-electron chi connectivity index (χ4n) is 2.60. The SMILES string of the molecule is CCc1cccc(C)c1NC(=O)c1cc(OC)c(OC)c(OC)c1. The number of benzene rings is 2. The van der Waals surface area contributed by atoms with Crippen molar-refractivity contribution < 1.29 is 19.0 Å². The molecule has 0 saturated heterocycles. The number of amides is 1. The smallest absolute Gasteiger partial charge is 0.255 e. The number of anilines is 1. The lowest BCUT2D eigenvalue weighted by atomic mass is 10.1. The van der Waals surface area contributed by atoms with Crippen molar-refractivity contribution in [2.75, 3.05) is 26.6 Å². The molecule has 2 rings (SSSR count). The second kappa shape index (κ2) is 7.73. The zero-order chi connectivity index (χ0) is 17.7. The van der Waals surface area contributed by atoms with Crippen LogP contribution in [0.15, 0.2) is 30.3 Å². The predicted molar refractivity (Wildman–Crippen MR) is 94.6 cm³/mol. The normalized spacial score (nSPS) is 10.2. The number of ether oxygens (including phenoxy) is 3. The van der Waals surface area contributed by atoms with E-state index in [1.807, 2.05) is 25.1 Å². The average molecular weight is 329 g/mol. The molecule has 0 saturated carbocycles. The third-order valence-electron chi connectivity index (χ3n) is 3.91. The van der Waals surface area contributed by atoms with Gasteiger partial charge in [0.15, 0.2) is 11.5 Å². The van der Waals surface area contributed by atoms with Crippen molar-refractivity contribution in [1.29, 1.82) is 0 Å². The van der Waals surface area contributed by atoms with Crippen LogP contribution in [0, 0.1) is 6.92 Å². The quantitative estimate of drug-likeness (QED) is 0.875. The molecule has 2 aromatic rings. The monoisotopic (exact) mass is 329 g/mol. The number of carbonyl (C=O) groups excluding carboxylic acids is 1. The molecular formula is C19H23NO4. The van der Waals surface area contributed by atoms with Gasteiger partial charge in [-0.25, -0.2) is 0 Å². The molecule has 0 bridgehead atoms. The van der Waals surface area contributed by atoms with Crippen LogP contribution in [0.4, 0.5) is 5.69 Å². The highest BCUT2D eigenvalue weighted by atomic mass is 16.5. The molecule has 0 radical (unpaired) electrons. The number of methoxy groups -OCH3 is 3. The fraction of sp³-hybridized carbons (Fsp3) is 0.316. The van der Waals surface area contributed by atoms with Crippen LogP contribution in [0.5, 0.6) is 17.2 Å². The van der Waals surface area contributed by atoms with Gasteiger partial charge < -0.3 is 19.5 Å². The molecule has 128 valence electrons. The summed E-state index contributed by atoms with van der Waals surface area (Å²) in [6.07, 6.45) is 0.840. The minimum Gasteiger partial charge on any atom is -0.493 e. The Morgan fingerprint density at radius 2 is 1.67 bits per heavy atom. The lowest BCUT2D eigenvalue weighted by Crippen LogP contribution is -2.15. The van der Waals surface area contributed by atoms with Crippen molar-refractivity contribution in [1.82, 2.24) is 0 Å². The molecule has 0 aromatic heterocycles. The molecule has 0 aliphatic rings. The standard InChI is InChI=1S/C19H23NO4/c1-6-13-9-7-8-12(2)17(13)20-19(21)14-10-15(22-3)18(24-5)16(11-14)23-4/h7-11H,6H2,1-5H3,(H,20,21). The lowest BCUT2D eigenvalue weighted by Gasteiger charge is -2.16. The van der Waals surface area contributed by atoms with E-state index < -0.39 is 0 Å². The first kappa shape index (κ1) is 17.7. The zero-order valence-electron chi connectivity index (χ0n) is 14.7. The van der Waals surface area contributed by atoms with Crippen molar-refractivity contribution in [2.45, 2.75) is 20.3 Å². The first-order chi connectivity index (χ1) is 11.5. The maximum Gasteiger partial charge on any atom is 0.255 e. The Morgan fingerprint density at radius 1 is 1.04 bits per heavy atom. The summed E-state index contributed by atoms with van der Waals surface area (Å²) in [6.45, 7) is 4.04. The molecule has 1 N–H and O–H groups in total. The number of hydrogen-bond donors (Lipinski definition) is 1. The van der Waals surface area contributed by atoms with Gasteiger partial charge in [0.1, 0.15) is 0 Å². The number of rotatable bonds is 6. The Morgan fingerprint density at radius 3 is 2.17 bits per heavy atom. The molecule has 0 heterocycles. The number of hydrogen-bond acceptors (Lipinski definition) is 4. The number of para-hydroxylation sites is 1. The highest BCUT2D eigenvalue weighted by Gasteiger charge is 2.18. The van der Waals surface area contributed by atoms with E-state index in [-0.39, 0.29) is 5.91 Å². The van der Waals surface area contributed by atoms with Crippen LogP contribution in [0.25, 0.3) is 0 Å². The highest BCUT2D eigenvalue weighted by molar-refractivity contribution is 6.05. The van der Waals surface area contributed by atoms with Gasteiger partial charge in [0.05, 0.1) is 21.3 Å². The van der Waals surface area contributed by atoms with Gasteiger partial charge in [0.25, 0.3) is 5.91 Å². The van der Waals surface area contributed by atoms with Crippen molar-refractivity contribution in [2.24, 2.45) is 0 Å². The molecule has 1 amide bonds. The van der Waals surface area contributed by atoms with Crippen LogP contribution in [0.1, 0.15) is 28.4 Å². The lowest BCUT2D eigenvalue weighted by molar-refractivity contribution is 0.102. The molecule has 2 aromatic carbocycles. The first-order valence-corrected chi connectivity index (χ1v) is 7.75. The molecule has 5 heteroatoms. The largest absolute Gasteiger partial charge is 0.493 e. The van der Waals surface area contributed by atoms with E-state index in [2.05, 4.69) is 12.2 Å². The number of carbonyl (C=O) groups is 1. The summed E-state index contributed by atoms with van der Waals surface area (Å²) in [5.41, 5.74) is 3.40. The Balaban J connectivity index is 2.41. The van der Waals surface area contributed by atoms with Gasteiger partial charge in [0, 0.05) is 11.3 Å². The first-order valence-electron chi connectivity index (χ1n) is 7.75. The Bertz CT molecular complexity index is 715. The Labute approximate surface area is 142 Å². The Kier molecular flexibility index (Phi) is 5.68. The summed E-state index contributed by atoms with van der Waals surface area (Å²) < 4.78 is 15.9. The van der Waals surface area contributed by atoms with Gasteiger partial charge in [-0.15, -0.1) is 0 Å². The van der Waals surface area contributed by atoms with Gasteiger partial charge in [-0.2, -0.15) is 0 Å². The van der Waals surface area contributed by atoms with E-state index >= 15 is 0 Å². The summed E-state index contributed by atoms with van der Waals surface area (Å²) in [5, 5.41) is 3.00. The minimum atomic E-state index is -0.224. The maximum atomic E-state index is 12.7. The van der Waals surface area contributed by atoms with Gasteiger partial charge in [-0.05, 0) is 36.6 Å². The van der Waals surface area contributed by atoms with E-state index in [1.54, 1.807) is 12.1 Å². The van der Waals surface area contributed by atoms with Crippen LogP contribution in [-0.2, 0) is 6.42 Å². The van der Waals surface area contributed by atoms with E-state index in [0.29, 0.717) is 22.8 Å². The Hall–Kier alpha value is -2.69.